The predicted octanol–water partition coefficient (Wildman–Crippen LogP) is 2.72. The van der Waals surface area contributed by atoms with Crippen LogP contribution in [0.3, 0.4) is 0 Å². The van der Waals surface area contributed by atoms with E-state index in [2.05, 4.69) is 10.6 Å². The zero-order chi connectivity index (χ0) is 22.3. The summed E-state index contributed by atoms with van der Waals surface area (Å²) >= 11 is 0. The molecule has 0 aliphatic rings. The number of benzene rings is 2. The Labute approximate surface area is 169 Å². The van der Waals surface area contributed by atoms with Gasteiger partial charge in [-0.25, -0.2) is 4.39 Å². The van der Waals surface area contributed by atoms with Gasteiger partial charge in [-0.3, -0.25) is 14.4 Å². The fraction of sp³-hybridized carbons (Fsp3) is 0.250. The molecule has 0 spiro atoms. The van der Waals surface area contributed by atoms with Crippen molar-refractivity contribution in [3.05, 3.63) is 65.0 Å². The van der Waals surface area contributed by atoms with Gasteiger partial charge in [0, 0.05) is 11.3 Å². The number of anilines is 1. The van der Waals surface area contributed by atoms with Crippen molar-refractivity contribution in [2.45, 2.75) is 19.5 Å². The van der Waals surface area contributed by atoms with Gasteiger partial charge in [-0.05, 0) is 42.3 Å². The number of carbonyl (C=O) groups excluding carboxylic acids is 3. The number of nitrogens with one attached hydrogen (secondary N) is 3. The number of rotatable bonds is 7. The quantitative estimate of drug-likeness (QED) is 0.597. The van der Waals surface area contributed by atoms with Crippen LogP contribution >= 0.6 is 0 Å². The first-order valence-corrected chi connectivity index (χ1v) is 8.80. The van der Waals surface area contributed by atoms with E-state index in [0.29, 0.717) is 11.1 Å². The summed E-state index contributed by atoms with van der Waals surface area (Å²) < 4.78 is 49.8. The maximum atomic E-state index is 13.1. The zero-order valence-corrected chi connectivity index (χ0v) is 15.9. The monoisotopic (exact) mass is 425 g/mol. The van der Waals surface area contributed by atoms with Crippen molar-refractivity contribution in [2.75, 3.05) is 18.4 Å². The summed E-state index contributed by atoms with van der Waals surface area (Å²) in [4.78, 5) is 35.8. The number of halogens is 4. The van der Waals surface area contributed by atoms with Crippen LogP contribution < -0.4 is 16.0 Å². The molecule has 0 unspecified atom stereocenters. The number of carbonyl (C=O) groups is 3. The molecule has 3 N–H and O–H groups in total. The van der Waals surface area contributed by atoms with Crippen molar-refractivity contribution in [3.8, 4) is 0 Å². The van der Waals surface area contributed by atoms with E-state index in [1.807, 2.05) is 0 Å². The molecule has 0 radical (unpaired) electrons. The molecule has 0 aromatic heterocycles. The molecule has 2 rings (SSSR count). The van der Waals surface area contributed by atoms with E-state index >= 15 is 0 Å². The lowest BCUT2D eigenvalue weighted by atomic mass is 10.1. The molecule has 2 aromatic rings. The van der Waals surface area contributed by atoms with Gasteiger partial charge in [0.1, 0.15) is 12.4 Å². The Morgan fingerprint density at radius 3 is 2.37 bits per heavy atom. The van der Waals surface area contributed by atoms with Gasteiger partial charge in [0.25, 0.3) is 5.91 Å². The summed E-state index contributed by atoms with van der Waals surface area (Å²) in [5, 5.41) is 6.62. The molecular formula is C20H19F4N3O3. The Morgan fingerprint density at radius 2 is 1.70 bits per heavy atom. The maximum absolute atomic E-state index is 13.1. The molecule has 0 aliphatic heterocycles. The number of aryl methyl sites for hydroxylation is 1. The van der Waals surface area contributed by atoms with Gasteiger partial charge in [0.15, 0.2) is 0 Å². The third kappa shape index (κ3) is 7.53. The molecule has 0 fully saturated rings. The normalized spacial score (nSPS) is 11.0. The molecule has 0 aliphatic carbocycles. The third-order valence-corrected chi connectivity index (χ3v) is 3.92. The molecule has 3 amide bonds. The van der Waals surface area contributed by atoms with E-state index in [-0.39, 0.29) is 24.2 Å². The van der Waals surface area contributed by atoms with Gasteiger partial charge >= 0.3 is 6.18 Å². The molecular weight excluding hydrogens is 406 g/mol. The van der Waals surface area contributed by atoms with Crippen molar-refractivity contribution in [1.82, 2.24) is 10.6 Å². The van der Waals surface area contributed by atoms with Gasteiger partial charge in [-0.1, -0.05) is 18.2 Å². The second kappa shape index (κ2) is 9.86. The molecule has 0 saturated carbocycles. The number of amides is 3. The van der Waals surface area contributed by atoms with Crippen molar-refractivity contribution >= 4 is 23.4 Å². The minimum Gasteiger partial charge on any atom is -0.347 e. The van der Waals surface area contributed by atoms with Crippen LogP contribution in [0.1, 0.15) is 21.5 Å². The molecule has 0 bridgehead atoms. The first-order valence-electron chi connectivity index (χ1n) is 8.80. The Morgan fingerprint density at radius 1 is 0.967 bits per heavy atom. The molecule has 10 heteroatoms. The fourth-order valence-electron chi connectivity index (χ4n) is 2.45. The Bertz CT molecular complexity index is 945. The average molecular weight is 425 g/mol. The summed E-state index contributed by atoms with van der Waals surface area (Å²) in [6.07, 6.45) is -4.65. The highest BCUT2D eigenvalue weighted by atomic mass is 19.4. The minimum absolute atomic E-state index is 0.0599. The largest absolute Gasteiger partial charge is 0.405 e. The first kappa shape index (κ1) is 22.9. The summed E-state index contributed by atoms with van der Waals surface area (Å²) in [6.45, 7) is -0.216. The van der Waals surface area contributed by atoms with Crippen molar-refractivity contribution in [2.24, 2.45) is 0 Å². The van der Waals surface area contributed by atoms with Crippen LogP contribution in [0.5, 0.6) is 0 Å². The lowest BCUT2D eigenvalue weighted by molar-refractivity contribution is -0.123. The highest BCUT2D eigenvalue weighted by molar-refractivity contribution is 5.99. The molecule has 0 saturated heterocycles. The van der Waals surface area contributed by atoms with E-state index < -0.39 is 36.3 Å². The number of hydrogen-bond donors (Lipinski definition) is 3. The van der Waals surface area contributed by atoms with Crippen molar-refractivity contribution in [3.63, 3.8) is 0 Å². The zero-order valence-electron chi connectivity index (χ0n) is 15.9. The van der Waals surface area contributed by atoms with Gasteiger partial charge in [0.05, 0.1) is 13.0 Å². The van der Waals surface area contributed by atoms with Gasteiger partial charge in [-0.2, -0.15) is 13.2 Å². The topological polar surface area (TPSA) is 87.3 Å². The molecule has 6 nitrogen and oxygen atoms in total. The van der Waals surface area contributed by atoms with Gasteiger partial charge < -0.3 is 16.0 Å². The smallest absolute Gasteiger partial charge is 0.347 e. The van der Waals surface area contributed by atoms with Crippen LogP contribution in [0.25, 0.3) is 0 Å². The van der Waals surface area contributed by atoms with Crippen LogP contribution in [0.2, 0.25) is 0 Å². The Hall–Kier alpha value is -3.43. The minimum atomic E-state index is -4.54. The maximum Gasteiger partial charge on any atom is 0.405 e. The second-order valence-electron chi connectivity index (χ2n) is 6.46. The van der Waals surface area contributed by atoms with E-state index in [1.54, 1.807) is 18.3 Å². The predicted molar refractivity (Wildman–Crippen MR) is 101 cm³/mol. The summed E-state index contributed by atoms with van der Waals surface area (Å²) in [7, 11) is 0. The highest BCUT2D eigenvalue weighted by Crippen LogP contribution is 2.18. The van der Waals surface area contributed by atoms with Crippen LogP contribution in [0.4, 0.5) is 23.2 Å². The van der Waals surface area contributed by atoms with Crippen molar-refractivity contribution < 1.29 is 31.9 Å². The average Bonchev–Trinajstić information content (AvgIpc) is 2.65. The number of alkyl halides is 3. The lowest BCUT2D eigenvalue weighted by Gasteiger charge is -2.12. The molecule has 160 valence electrons. The van der Waals surface area contributed by atoms with Crippen molar-refractivity contribution in [1.29, 1.82) is 0 Å². The van der Waals surface area contributed by atoms with Gasteiger partial charge in [-0.15, -0.1) is 0 Å². The third-order valence-electron chi connectivity index (χ3n) is 3.92. The van der Waals surface area contributed by atoms with Crippen LogP contribution in [-0.2, 0) is 16.0 Å². The van der Waals surface area contributed by atoms with E-state index in [0.717, 1.165) is 0 Å². The SMILES string of the molecule is Cc1ccc(C(=O)NCC(F)(F)F)cc1NC(=O)CNC(=O)Cc1cccc(F)c1. The van der Waals surface area contributed by atoms with Crippen LogP contribution in [-0.4, -0.2) is 37.0 Å². The molecule has 2 aromatic carbocycles. The fourth-order valence-corrected chi connectivity index (χ4v) is 2.45. The second-order valence-corrected chi connectivity index (χ2v) is 6.46. The molecule has 0 atom stereocenters. The Kier molecular flexibility index (Phi) is 7.51. The summed E-state index contributed by atoms with van der Waals surface area (Å²) in [6, 6.07) is 9.53. The molecule has 30 heavy (non-hydrogen) atoms. The standard InChI is InChI=1S/C20H19F4N3O3/c1-12-5-6-14(19(30)26-11-20(22,23)24)9-16(12)27-18(29)10-25-17(28)8-13-3-2-4-15(21)7-13/h2-7,9H,8,10-11H2,1H3,(H,25,28)(H,26,30)(H,27,29). The first-order chi connectivity index (χ1) is 14.0. The van der Waals surface area contributed by atoms with E-state index in [1.165, 1.54) is 36.4 Å². The van der Waals surface area contributed by atoms with E-state index in [9.17, 15) is 31.9 Å². The van der Waals surface area contributed by atoms with Crippen LogP contribution in [0.15, 0.2) is 42.5 Å². The van der Waals surface area contributed by atoms with E-state index in [4.69, 9.17) is 0 Å². The lowest BCUT2D eigenvalue weighted by Crippen LogP contribution is -2.34. The number of hydrogen-bond acceptors (Lipinski definition) is 3. The highest BCUT2D eigenvalue weighted by Gasteiger charge is 2.28. The van der Waals surface area contributed by atoms with Crippen LogP contribution in [0, 0.1) is 12.7 Å². The molecule has 0 heterocycles. The summed E-state index contributed by atoms with van der Waals surface area (Å²) in [5.74, 6) is -2.51. The van der Waals surface area contributed by atoms with Gasteiger partial charge in [0.2, 0.25) is 11.8 Å². The summed E-state index contributed by atoms with van der Waals surface area (Å²) in [5.41, 5.74) is 1.18. The Balaban J connectivity index is 1.91.